The molecule has 0 saturated carbocycles. The van der Waals surface area contributed by atoms with E-state index in [1.807, 2.05) is 0 Å². The van der Waals surface area contributed by atoms with Crippen molar-refractivity contribution in [1.29, 1.82) is 0 Å². The predicted octanol–water partition coefficient (Wildman–Crippen LogP) is -2.42. The molecule has 0 amide bonds. The van der Waals surface area contributed by atoms with E-state index in [9.17, 15) is 0 Å². The van der Waals surface area contributed by atoms with Gasteiger partial charge < -0.3 is 10.6 Å². The predicted molar refractivity (Wildman–Crippen MR) is 26.6 cm³/mol. The van der Waals surface area contributed by atoms with Crippen molar-refractivity contribution in [2.75, 3.05) is 0 Å². The second-order valence-corrected chi connectivity index (χ2v) is 0.105. The van der Waals surface area contributed by atoms with Crippen molar-refractivity contribution in [2.45, 2.75) is 0 Å². The zero-order valence-electron chi connectivity index (χ0n) is 1.93. The molecule has 0 unspecified atom stereocenters. The van der Waals surface area contributed by atoms with E-state index in [-0.39, 0.29) is 71.1 Å². The van der Waals surface area contributed by atoms with Crippen LogP contribution in [0.25, 0.3) is 0 Å². The summed E-state index contributed by atoms with van der Waals surface area (Å²) in [5.74, 6) is 0. The molecule has 30 valence electrons. The van der Waals surface area contributed by atoms with Crippen LogP contribution in [0.5, 0.6) is 0 Å². The zero-order chi connectivity index (χ0) is 2.71. The Bertz CT molecular complexity index is 16.3. The van der Waals surface area contributed by atoms with Gasteiger partial charge in [-0.05, 0) is 0 Å². The van der Waals surface area contributed by atoms with Gasteiger partial charge in [-0.1, -0.05) is 0 Å². The second kappa shape index (κ2) is 32.1. The van der Waals surface area contributed by atoms with Gasteiger partial charge in [0, 0.05) is 0 Å². The van der Waals surface area contributed by atoms with Crippen LogP contribution >= 0.6 is 0 Å². The third kappa shape index (κ3) is 52.1. The number of hydrogen-bond acceptors (Lipinski definition) is 1. The average Bonchev–Trinajstić information content (AvgIpc) is 0.918. The maximum atomic E-state index is 8.36. The first-order valence-electron chi connectivity index (χ1n) is 0.494. The van der Waals surface area contributed by atoms with Gasteiger partial charge in [-0.3, -0.25) is 4.79 Å². The summed E-state index contributed by atoms with van der Waals surface area (Å²) in [6, 6.07) is 0. The molecule has 0 heterocycles. The molecule has 0 rings (SSSR count). The van der Waals surface area contributed by atoms with Crippen LogP contribution in [0, 0.1) is 0 Å². The Hall–Kier alpha value is 1.43. The van der Waals surface area contributed by atoms with Gasteiger partial charge in [-0.25, -0.2) is 0 Å². The fraction of sp³-hybridized carbons (Fsp3) is 0. The molecule has 0 aromatic heterocycles. The maximum absolute atomic E-state index is 8.36. The topological polar surface area (TPSA) is 68.8 Å². The Morgan fingerprint density at radius 2 is 1.33 bits per heavy atom. The molecule has 0 fully saturated rings. The van der Waals surface area contributed by atoms with Gasteiger partial charge in [-0.15, -0.1) is 0 Å². The third-order valence-corrected chi connectivity index (χ3v) is 0. The van der Waals surface area contributed by atoms with E-state index < -0.39 is 0 Å². The van der Waals surface area contributed by atoms with Crippen LogP contribution in [0.4, 0.5) is 0 Å². The molecular weight excluding hydrogens is 106 g/mol. The molecule has 5 heteroatoms. The van der Waals surface area contributed by atoms with Crippen LogP contribution in [0.2, 0.25) is 0 Å². The van der Waals surface area contributed by atoms with Crippen molar-refractivity contribution in [1.82, 2.24) is 0 Å². The van der Waals surface area contributed by atoms with E-state index in [1.165, 1.54) is 0 Å². The molecule has 0 atom stereocenters. The minimum atomic E-state index is -0.250. The Balaban J connectivity index is -0.00000000667. The SMILES string of the molecule is O.O=CO.[NaH].[NaH]. The molecule has 6 heavy (non-hydrogen) atoms. The molecule has 0 saturated heterocycles. The summed E-state index contributed by atoms with van der Waals surface area (Å²) in [5.41, 5.74) is 0. The summed E-state index contributed by atoms with van der Waals surface area (Å²) < 4.78 is 0. The molecule has 0 bridgehead atoms. The fourth-order valence-electron chi connectivity index (χ4n) is 0. The molecule has 0 spiro atoms. The number of rotatable bonds is 0. The molecule has 0 aromatic carbocycles. The second-order valence-electron chi connectivity index (χ2n) is 0.105. The normalized spacial score (nSPS) is 2.00. The van der Waals surface area contributed by atoms with E-state index in [0.29, 0.717) is 0 Å². The summed E-state index contributed by atoms with van der Waals surface area (Å²) in [4.78, 5) is 8.36. The van der Waals surface area contributed by atoms with Crippen LogP contribution in [0.3, 0.4) is 0 Å². The molecule has 0 radical (unpaired) electrons. The molecule has 0 aliphatic carbocycles. The van der Waals surface area contributed by atoms with Gasteiger partial charge >= 0.3 is 59.1 Å². The van der Waals surface area contributed by atoms with Gasteiger partial charge in [0.2, 0.25) is 0 Å². The fourth-order valence-corrected chi connectivity index (χ4v) is 0. The monoisotopic (exact) mass is 112 g/mol. The minimum absolute atomic E-state index is 0. The molecule has 0 aromatic rings. The van der Waals surface area contributed by atoms with E-state index in [0.717, 1.165) is 0 Å². The van der Waals surface area contributed by atoms with Crippen molar-refractivity contribution in [2.24, 2.45) is 0 Å². The number of carboxylic acid groups (broad SMARTS) is 1. The zero-order valence-corrected chi connectivity index (χ0v) is 1.93. The quantitative estimate of drug-likeness (QED) is 0.280. The van der Waals surface area contributed by atoms with Crippen molar-refractivity contribution in [3.8, 4) is 0 Å². The summed E-state index contributed by atoms with van der Waals surface area (Å²) in [6.07, 6.45) is 0. The van der Waals surface area contributed by atoms with Gasteiger partial charge in [0.15, 0.2) is 0 Å². The first kappa shape index (κ1) is 26.1. The third-order valence-electron chi connectivity index (χ3n) is 0. The average molecular weight is 112 g/mol. The Morgan fingerprint density at radius 1 is 1.33 bits per heavy atom. The van der Waals surface area contributed by atoms with Crippen LogP contribution in [0.1, 0.15) is 0 Å². The van der Waals surface area contributed by atoms with Crippen molar-refractivity contribution in [3.05, 3.63) is 0 Å². The molecule has 0 aliphatic heterocycles. The molecule has 3 nitrogen and oxygen atoms in total. The van der Waals surface area contributed by atoms with E-state index in [1.54, 1.807) is 0 Å². The van der Waals surface area contributed by atoms with Gasteiger partial charge in [0.05, 0.1) is 0 Å². The van der Waals surface area contributed by atoms with Crippen LogP contribution in [0.15, 0.2) is 0 Å². The molecular formula is CH6Na2O3. The summed E-state index contributed by atoms with van der Waals surface area (Å²) >= 11 is 0. The van der Waals surface area contributed by atoms with Crippen LogP contribution in [-0.4, -0.2) is 76.2 Å². The van der Waals surface area contributed by atoms with Crippen LogP contribution in [-0.2, 0) is 4.79 Å². The van der Waals surface area contributed by atoms with E-state index in [4.69, 9.17) is 9.90 Å². The molecule has 0 aliphatic rings. The summed E-state index contributed by atoms with van der Waals surface area (Å²) in [7, 11) is 0. The standard InChI is InChI=1S/CH2O2.2Na.H2O.2H/c2-1-3;;;;;/h1H,(H,2,3);;;1H2;;. The van der Waals surface area contributed by atoms with Crippen molar-refractivity contribution < 1.29 is 15.4 Å². The van der Waals surface area contributed by atoms with Crippen LogP contribution < -0.4 is 0 Å². The van der Waals surface area contributed by atoms with E-state index >= 15 is 0 Å². The molecule has 3 N–H and O–H groups in total. The summed E-state index contributed by atoms with van der Waals surface area (Å²) in [5, 5.41) is 6.89. The first-order chi connectivity index (χ1) is 1.41. The van der Waals surface area contributed by atoms with Gasteiger partial charge in [0.25, 0.3) is 6.47 Å². The van der Waals surface area contributed by atoms with E-state index in [2.05, 4.69) is 0 Å². The number of hydrogen-bond donors (Lipinski definition) is 1. The Kier molecular flexibility index (Phi) is 140. The summed E-state index contributed by atoms with van der Waals surface area (Å²) in [6.45, 7) is -0.250. The van der Waals surface area contributed by atoms with Gasteiger partial charge in [-0.2, -0.15) is 0 Å². The Morgan fingerprint density at radius 3 is 1.33 bits per heavy atom. The van der Waals surface area contributed by atoms with Crippen molar-refractivity contribution in [3.63, 3.8) is 0 Å². The first-order valence-corrected chi connectivity index (χ1v) is 0.494. The van der Waals surface area contributed by atoms with Gasteiger partial charge in [0.1, 0.15) is 0 Å². The Labute approximate surface area is 80.0 Å². The van der Waals surface area contributed by atoms with Crippen molar-refractivity contribution >= 4 is 65.6 Å². The number of carbonyl (C=O) groups is 1.